The number of anilines is 1. The second-order valence-electron chi connectivity index (χ2n) is 8.46. The maximum atomic E-state index is 13.3. The van der Waals surface area contributed by atoms with E-state index in [0.717, 1.165) is 5.56 Å². The minimum Gasteiger partial charge on any atom is -0.489 e. The van der Waals surface area contributed by atoms with Crippen LogP contribution in [0.2, 0.25) is 10.0 Å². The maximum absolute atomic E-state index is 13.3. The molecule has 0 aromatic heterocycles. The van der Waals surface area contributed by atoms with Gasteiger partial charge in [0.05, 0.1) is 5.69 Å². The monoisotopic (exact) mass is 574 g/mol. The highest BCUT2D eigenvalue weighted by Gasteiger charge is 2.34. The molecule has 39 heavy (non-hydrogen) atoms. The second-order valence-corrected chi connectivity index (χ2v) is 9.69. The maximum Gasteiger partial charge on any atom is 0.270 e. The summed E-state index contributed by atoms with van der Waals surface area (Å²) in [6.07, 6.45) is 1.51. The fourth-order valence-electron chi connectivity index (χ4n) is 3.81. The zero-order valence-corrected chi connectivity index (χ0v) is 22.6. The minimum atomic E-state index is -0.567. The first-order valence-corrected chi connectivity index (χ1v) is 12.9. The smallest absolute Gasteiger partial charge is 0.270 e. The van der Waals surface area contributed by atoms with Crippen molar-refractivity contribution in [1.29, 1.82) is 0 Å². The average Bonchev–Trinajstić information content (AvgIpc) is 2.93. The Balaban J connectivity index is 1.29. The quantitative estimate of drug-likeness (QED) is 0.144. The van der Waals surface area contributed by atoms with Crippen LogP contribution in [0.3, 0.4) is 0 Å². The third-order valence-electron chi connectivity index (χ3n) is 5.78. The molecule has 6 nitrogen and oxygen atoms in total. The molecule has 1 heterocycles. The molecule has 0 radical (unpaired) electrons. The fraction of sp³-hybridized carbons (Fsp3) is 0.0333. The molecule has 1 aliphatic heterocycles. The number of amides is 2. The van der Waals surface area contributed by atoms with Crippen molar-refractivity contribution in [2.24, 2.45) is 0 Å². The number of benzene rings is 4. The highest BCUT2D eigenvalue weighted by molar-refractivity contribution is 7.80. The van der Waals surface area contributed by atoms with E-state index < -0.39 is 11.8 Å². The lowest BCUT2D eigenvalue weighted by molar-refractivity contribution is -0.122. The van der Waals surface area contributed by atoms with Crippen LogP contribution in [0.1, 0.15) is 11.1 Å². The second kappa shape index (κ2) is 11.7. The van der Waals surface area contributed by atoms with Crippen molar-refractivity contribution >= 4 is 64.1 Å². The Bertz CT molecular complexity index is 1570. The number of carbonyl (C=O) groups excluding carboxylic acids is 2. The van der Waals surface area contributed by atoms with Crippen molar-refractivity contribution < 1.29 is 19.1 Å². The number of rotatable bonds is 7. The summed E-state index contributed by atoms with van der Waals surface area (Å²) in [4.78, 5) is 27.3. The van der Waals surface area contributed by atoms with Gasteiger partial charge in [-0.05, 0) is 84.5 Å². The SMILES string of the molecule is O=C1NC(=S)N(c2ccc(Oc3ccccc3)cc2)C(=O)C1=Cc1ccc(OCc2ccc(Cl)cc2Cl)cc1. The van der Waals surface area contributed by atoms with Crippen LogP contribution >= 0.6 is 35.4 Å². The van der Waals surface area contributed by atoms with Crippen LogP contribution in [-0.4, -0.2) is 16.9 Å². The van der Waals surface area contributed by atoms with Crippen molar-refractivity contribution in [2.75, 3.05) is 4.90 Å². The molecule has 4 aromatic rings. The summed E-state index contributed by atoms with van der Waals surface area (Å²) in [7, 11) is 0. The summed E-state index contributed by atoms with van der Waals surface area (Å²) in [6.45, 7) is 0.263. The van der Waals surface area contributed by atoms with E-state index in [1.54, 1.807) is 66.7 Å². The zero-order valence-electron chi connectivity index (χ0n) is 20.3. The molecule has 0 atom stereocenters. The highest BCUT2D eigenvalue weighted by atomic mass is 35.5. The minimum absolute atomic E-state index is 0.00323. The number of ether oxygens (including phenoxy) is 2. The molecular formula is C30H20Cl2N2O4S. The van der Waals surface area contributed by atoms with E-state index in [2.05, 4.69) is 5.32 Å². The Kier molecular flexibility index (Phi) is 7.93. The van der Waals surface area contributed by atoms with Crippen molar-refractivity contribution in [3.05, 3.63) is 124 Å². The van der Waals surface area contributed by atoms with E-state index >= 15 is 0 Å². The highest BCUT2D eigenvalue weighted by Crippen LogP contribution is 2.28. The van der Waals surface area contributed by atoms with Crippen LogP contribution in [0.4, 0.5) is 5.69 Å². The van der Waals surface area contributed by atoms with Crippen molar-refractivity contribution in [3.8, 4) is 17.2 Å². The normalized spacial score (nSPS) is 14.4. The van der Waals surface area contributed by atoms with Crippen LogP contribution in [0.25, 0.3) is 6.08 Å². The van der Waals surface area contributed by atoms with E-state index in [1.165, 1.54) is 11.0 Å². The van der Waals surface area contributed by atoms with Crippen LogP contribution in [-0.2, 0) is 16.2 Å². The van der Waals surface area contributed by atoms with Crippen molar-refractivity contribution in [3.63, 3.8) is 0 Å². The van der Waals surface area contributed by atoms with Crippen LogP contribution < -0.4 is 19.7 Å². The zero-order chi connectivity index (χ0) is 27.4. The number of hydrogen-bond acceptors (Lipinski definition) is 5. The number of halogens is 2. The predicted octanol–water partition coefficient (Wildman–Crippen LogP) is 7.20. The largest absolute Gasteiger partial charge is 0.489 e. The first-order valence-electron chi connectivity index (χ1n) is 11.8. The standard InChI is InChI=1S/C30H20Cl2N2O4S/c31-21-9-8-20(27(32)17-21)18-37-23-12-6-19(7-13-23)16-26-28(35)33-30(39)34(29(26)36)22-10-14-25(15-11-22)38-24-4-2-1-3-5-24/h1-17H,18H2,(H,33,35,39). The van der Waals surface area contributed by atoms with E-state index in [-0.39, 0.29) is 17.3 Å². The van der Waals surface area contributed by atoms with Gasteiger partial charge in [0.2, 0.25) is 0 Å². The number of thiocarbonyl (C=S) groups is 1. The molecule has 9 heteroatoms. The van der Waals surface area contributed by atoms with Gasteiger partial charge < -0.3 is 9.47 Å². The van der Waals surface area contributed by atoms with Crippen LogP contribution in [0, 0.1) is 0 Å². The molecular weight excluding hydrogens is 555 g/mol. The molecule has 1 fully saturated rings. The van der Waals surface area contributed by atoms with Crippen molar-refractivity contribution in [1.82, 2.24) is 5.32 Å². The fourth-order valence-corrected chi connectivity index (χ4v) is 4.55. The summed E-state index contributed by atoms with van der Waals surface area (Å²) in [5.74, 6) is 0.794. The molecule has 2 amide bonds. The van der Waals surface area contributed by atoms with E-state index in [4.69, 9.17) is 44.9 Å². The van der Waals surface area contributed by atoms with Gasteiger partial charge in [-0.15, -0.1) is 0 Å². The first-order chi connectivity index (χ1) is 18.9. The molecule has 0 aliphatic carbocycles. The predicted molar refractivity (Wildman–Crippen MR) is 156 cm³/mol. The Morgan fingerprint density at radius 2 is 1.49 bits per heavy atom. The van der Waals surface area contributed by atoms with Gasteiger partial charge in [-0.1, -0.05) is 59.6 Å². The Morgan fingerprint density at radius 3 is 2.18 bits per heavy atom. The van der Waals surface area contributed by atoms with Gasteiger partial charge in [-0.25, -0.2) is 0 Å². The van der Waals surface area contributed by atoms with E-state index in [9.17, 15) is 9.59 Å². The molecule has 4 aromatic carbocycles. The molecule has 0 spiro atoms. The van der Waals surface area contributed by atoms with Gasteiger partial charge in [-0.3, -0.25) is 19.8 Å². The summed E-state index contributed by atoms with van der Waals surface area (Å²) >= 11 is 17.4. The van der Waals surface area contributed by atoms with E-state index in [1.807, 2.05) is 30.3 Å². The summed E-state index contributed by atoms with van der Waals surface area (Å²) in [5, 5.41) is 3.67. The van der Waals surface area contributed by atoms with Gasteiger partial charge in [-0.2, -0.15) is 0 Å². The van der Waals surface area contributed by atoms with Crippen LogP contribution in [0.5, 0.6) is 17.2 Å². The molecule has 0 unspecified atom stereocenters. The topological polar surface area (TPSA) is 67.9 Å². The number of carbonyl (C=O) groups is 2. The Morgan fingerprint density at radius 1 is 0.821 bits per heavy atom. The molecule has 5 rings (SSSR count). The molecule has 0 saturated carbocycles. The Hall–Kier alpha value is -4.17. The lowest BCUT2D eigenvalue weighted by Crippen LogP contribution is -2.54. The molecule has 194 valence electrons. The lowest BCUT2D eigenvalue weighted by atomic mass is 10.1. The molecule has 0 bridgehead atoms. The third kappa shape index (κ3) is 6.29. The third-order valence-corrected chi connectivity index (χ3v) is 6.65. The lowest BCUT2D eigenvalue weighted by Gasteiger charge is -2.29. The van der Waals surface area contributed by atoms with Crippen LogP contribution in [0.15, 0.2) is 103 Å². The summed E-state index contributed by atoms with van der Waals surface area (Å²) in [5.41, 5.74) is 1.90. The number of nitrogens with one attached hydrogen (secondary N) is 1. The Labute approximate surface area is 240 Å². The molecule has 1 saturated heterocycles. The van der Waals surface area contributed by atoms with Gasteiger partial charge >= 0.3 is 0 Å². The summed E-state index contributed by atoms with van der Waals surface area (Å²) in [6, 6.07) is 28.4. The first kappa shape index (κ1) is 26.4. The van der Waals surface area contributed by atoms with Gasteiger partial charge in [0.15, 0.2) is 5.11 Å². The van der Waals surface area contributed by atoms with Crippen molar-refractivity contribution in [2.45, 2.75) is 6.61 Å². The number of para-hydroxylation sites is 1. The molecule has 1 N–H and O–H groups in total. The van der Waals surface area contributed by atoms with E-state index in [0.29, 0.717) is 38.5 Å². The summed E-state index contributed by atoms with van der Waals surface area (Å²) < 4.78 is 11.6. The number of nitrogens with zero attached hydrogens (tertiary/aromatic N) is 1. The van der Waals surface area contributed by atoms with Gasteiger partial charge in [0.1, 0.15) is 29.4 Å². The van der Waals surface area contributed by atoms with Gasteiger partial charge in [0, 0.05) is 15.6 Å². The number of hydrogen-bond donors (Lipinski definition) is 1. The average molecular weight is 575 g/mol. The van der Waals surface area contributed by atoms with Gasteiger partial charge in [0.25, 0.3) is 11.8 Å². The molecule has 1 aliphatic rings.